The van der Waals surface area contributed by atoms with Crippen molar-refractivity contribution in [3.8, 4) is 0 Å². The van der Waals surface area contributed by atoms with Crippen LogP contribution in [-0.2, 0) is 6.42 Å². The highest BCUT2D eigenvalue weighted by atomic mass is 16.2. The maximum Gasteiger partial charge on any atom is 0.276 e. The smallest absolute Gasteiger partial charge is 0.276 e. The van der Waals surface area contributed by atoms with E-state index in [1.807, 2.05) is 50.2 Å². The molecule has 0 radical (unpaired) electrons. The highest BCUT2D eigenvalue weighted by molar-refractivity contribution is 6.10. The summed E-state index contributed by atoms with van der Waals surface area (Å²) in [6, 6.07) is 11.4. The number of amides is 2. The number of benzene rings is 1. The van der Waals surface area contributed by atoms with Crippen molar-refractivity contribution >= 4 is 17.5 Å². The molecule has 3 rings (SSSR count). The fourth-order valence-electron chi connectivity index (χ4n) is 2.89. The van der Waals surface area contributed by atoms with Crippen molar-refractivity contribution in [2.45, 2.75) is 20.3 Å². The summed E-state index contributed by atoms with van der Waals surface area (Å²) in [7, 11) is 1.69. The molecule has 0 saturated heterocycles. The van der Waals surface area contributed by atoms with E-state index in [1.165, 1.54) is 6.33 Å². The number of aromatic nitrogens is 3. The summed E-state index contributed by atoms with van der Waals surface area (Å²) >= 11 is 0. The fourth-order valence-corrected chi connectivity index (χ4v) is 2.89. The van der Waals surface area contributed by atoms with Gasteiger partial charge in [0.15, 0.2) is 5.69 Å². The number of imidazole rings is 1. The Morgan fingerprint density at radius 3 is 2.68 bits per heavy atom. The van der Waals surface area contributed by atoms with E-state index in [-0.39, 0.29) is 17.3 Å². The molecule has 0 spiro atoms. The van der Waals surface area contributed by atoms with Crippen LogP contribution in [0.25, 0.3) is 0 Å². The molecule has 28 heavy (non-hydrogen) atoms. The number of H-pyrrole nitrogens is 1. The average molecular weight is 377 g/mol. The minimum Gasteiger partial charge on any atom is -0.340 e. The van der Waals surface area contributed by atoms with Gasteiger partial charge in [-0.2, -0.15) is 0 Å². The molecule has 7 heteroatoms. The molecule has 2 heterocycles. The van der Waals surface area contributed by atoms with Crippen LogP contribution in [0.3, 0.4) is 0 Å². The summed E-state index contributed by atoms with van der Waals surface area (Å²) in [5, 5.41) is 2.83. The molecule has 3 aromatic rings. The molecule has 0 saturated carbocycles. The van der Waals surface area contributed by atoms with Crippen LogP contribution in [0.2, 0.25) is 0 Å². The number of rotatable bonds is 6. The molecule has 2 amide bonds. The largest absolute Gasteiger partial charge is 0.340 e. The second-order valence-electron chi connectivity index (χ2n) is 6.70. The summed E-state index contributed by atoms with van der Waals surface area (Å²) in [5.74, 6) is -0.714. The molecule has 0 atom stereocenters. The van der Waals surface area contributed by atoms with Gasteiger partial charge in [-0.25, -0.2) is 4.98 Å². The summed E-state index contributed by atoms with van der Waals surface area (Å²) in [4.78, 5) is 38.1. The zero-order chi connectivity index (χ0) is 20.1. The summed E-state index contributed by atoms with van der Waals surface area (Å²) in [5.41, 5.74) is 3.91. The molecule has 0 bridgehead atoms. The third kappa shape index (κ3) is 4.43. The number of anilines is 1. The van der Waals surface area contributed by atoms with Gasteiger partial charge in [0.1, 0.15) is 5.69 Å². The van der Waals surface area contributed by atoms with E-state index in [9.17, 15) is 9.59 Å². The number of aryl methyl sites for hydroxylation is 2. The monoisotopic (exact) mass is 377 g/mol. The number of aromatic amines is 1. The van der Waals surface area contributed by atoms with Gasteiger partial charge in [-0.1, -0.05) is 23.8 Å². The third-order valence-corrected chi connectivity index (χ3v) is 4.47. The van der Waals surface area contributed by atoms with Crippen molar-refractivity contribution in [1.29, 1.82) is 0 Å². The standard InChI is InChI=1S/C21H23N5O2/c1-14-7-8-17(15(2)12-14)25-20(27)18-19(24-13-23-18)21(28)26(3)11-9-16-6-4-5-10-22-16/h4-8,10,12-13H,9,11H2,1-3H3,(H,23,24)(H,25,27). The SMILES string of the molecule is Cc1ccc(NC(=O)c2nc[nH]c2C(=O)N(C)CCc2ccccn2)c(C)c1. The van der Waals surface area contributed by atoms with Gasteiger partial charge in [-0.15, -0.1) is 0 Å². The van der Waals surface area contributed by atoms with E-state index in [0.717, 1.165) is 16.8 Å². The molecule has 2 N–H and O–H groups in total. The third-order valence-electron chi connectivity index (χ3n) is 4.47. The fraction of sp³-hybridized carbons (Fsp3) is 0.238. The van der Waals surface area contributed by atoms with Crippen LogP contribution >= 0.6 is 0 Å². The normalized spacial score (nSPS) is 10.5. The predicted molar refractivity (Wildman–Crippen MR) is 107 cm³/mol. The van der Waals surface area contributed by atoms with Crippen LogP contribution in [0, 0.1) is 13.8 Å². The first-order valence-electron chi connectivity index (χ1n) is 9.03. The highest BCUT2D eigenvalue weighted by Crippen LogP contribution is 2.18. The summed E-state index contributed by atoms with van der Waals surface area (Å²) < 4.78 is 0. The van der Waals surface area contributed by atoms with Crippen LogP contribution in [0.1, 0.15) is 37.8 Å². The molecule has 1 aromatic carbocycles. The van der Waals surface area contributed by atoms with E-state index in [4.69, 9.17) is 0 Å². The van der Waals surface area contributed by atoms with Crippen molar-refractivity contribution in [3.05, 3.63) is 77.1 Å². The number of carbonyl (C=O) groups excluding carboxylic acids is 2. The van der Waals surface area contributed by atoms with Gasteiger partial charge in [0, 0.05) is 37.6 Å². The molecule has 0 aliphatic heterocycles. The Morgan fingerprint density at radius 1 is 1.14 bits per heavy atom. The Morgan fingerprint density at radius 2 is 1.96 bits per heavy atom. The number of nitrogens with one attached hydrogen (secondary N) is 2. The van der Waals surface area contributed by atoms with Crippen LogP contribution in [-0.4, -0.2) is 45.3 Å². The molecule has 2 aromatic heterocycles. The second kappa shape index (κ2) is 8.47. The first-order valence-corrected chi connectivity index (χ1v) is 9.03. The predicted octanol–water partition coefficient (Wildman–Crippen LogP) is 2.99. The number of hydrogen-bond donors (Lipinski definition) is 2. The lowest BCUT2D eigenvalue weighted by atomic mass is 10.1. The Balaban J connectivity index is 1.69. The minimum atomic E-state index is -0.422. The van der Waals surface area contributed by atoms with Crippen LogP contribution < -0.4 is 5.32 Å². The molecule has 144 valence electrons. The highest BCUT2D eigenvalue weighted by Gasteiger charge is 2.23. The number of carbonyl (C=O) groups is 2. The lowest BCUT2D eigenvalue weighted by Crippen LogP contribution is -2.31. The van der Waals surface area contributed by atoms with Gasteiger partial charge in [0.25, 0.3) is 11.8 Å². The number of nitrogens with zero attached hydrogens (tertiary/aromatic N) is 3. The average Bonchev–Trinajstić information content (AvgIpc) is 3.18. The Kier molecular flexibility index (Phi) is 5.84. The zero-order valence-corrected chi connectivity index (χ0v) is 16.2. The second-order valence-corrected chi connectivity index (χ2v) is 6.70. The molecule has 0 fully saturated rings. The molecule has 0 aliphatic rings. The number of hydrogen-bond acceptors (Lipinski definition) is 4. The van der Waals surface area contributed by atoms with Crippen LogP contribution in [0.5, 0.6) is 0 Å². The van der Waals surface area contributed by atoms with Gasteiger partial charge < -0.3 is 15.2 Å². The van der Waals surface area contributed by atoms with Crippen molar-refractivity contribution in [2.75, 3.05) is 18.9 Å². The van der Waals surface area contributed by atoms with E-state index in [1.54, 1.807) is 18.1 Å². The molecular weight excluding hydrogens is 354 g/mol. The van der Waals surface area contributed by atoms with Crippen molar-refractivity contribution < 1.29 is 9.59 Å². The van der Waals surface area contributed by atoms with Crippen LogP contribution in [0.15, 0.2) is 48.9 Å². The van der Waals surface area contributed by atoms with E-state index in [2.05, 4.69) is 20.3 Å². The maximum absolute atomic E-state index is 12.8. The Labute approximate surface area is 163 Å². The molecule has 0 unspecified atom stereocenters. The first-order chi connectivity index (χ1) is 13.5. The van der Waals surface area contributed by atoms with Gasteiger partial charge in [0.2, 0.25) is 0 Å². The van der Waals surface area contributed by atoms with Crippen LogP contribution in [0.4, 0.5) is 5.69 Å². The molecule has 7 nitrogen and oxygen atoms in total. The Hall–Kier alpha value is -3.48. The van der Waals surface area contributed by atoms with Crippen molar-refractivity contribution in [1.82, 2.24) is 19.9 Å². The zero-order valence-electron chi connectivity index (χ0n) is 16.2. The minimum absolute atomic E-state index is 0.0784. The number of likely N-dealkylation sites (N-methyl/N-ethyl adjacent to an activating group) is 1. The lowest BCUT2D eigenvalue weighted by molar-refractivity contribution is 0.0785. The maximum atomic E-state index is 12.8. The van der Waals surface area contributed by atoms with Gasteiger partial charge in [0.05, 0.1) is 6.33 Å². The van der Waals surface area contributed by atoms with E-state index in [0.29, 0.717) is 18.7 Å². The Bertz CT molecular complexity index is 981. The summed E-state index contributed by atoms with van der Waals surface area (Å²) in [6.45, 7) is 4.39. The molecule has 0 aliphatic carbocycles. The lowest BCUT2D eigenvalue weighted by Gasteiger charge is -2.16. The summed E-state index contributed by atoms with van der Waals surface area (Å²) in [6.07, 6.45) is 3.71. The molecular formula is C21H23N5O2. The van der Waals surface area contributed by atoms with Gasteiger partial charge in [-0.05, 0) is 37.6 Å². The quantitative estimate of drug-likeness (QED) is 0.691. The topological polar surface area (TPSA) is 91.0 Å². The van der Waals surface area contributed by atoms with Gasteiger partial charge in [-0.3, -0.25) is 14.6 Å². The van der Waals surface area contributed by atoms with E-state index < -0.39 is 5.91 Å². The van der Waals surface area contributed by atoms with Crippen molar-refractivity contribution in [2.24, 2.45) is 0 Å². The van der Waals surface area contributed by atoms with E-state index >= 15 is 0 Å². The van der Waals surface area contributed by atoms with Crippen molar-refractivity contribution in [3.63, 3.8) is 0 Å². The number of pyridine rings is 1. The van der Waals surface area contributed by atoms with Gasteiger partial charge >= 0.3 is 0 Å². The first kappa shape index (κ1) is 19.3.